The van der Waals surface area contributed by atoms with Crippen molar-refractivity contribution in [2.24, 2.45) is 0 Å². The van der Waals surface area contributed by atoms with Crippen molar-refractivity contribution in [1.29, 1.82) is 0 Å². The average Bonchev–Trinajstić information content (AvgIpc) is 1.96. The molecule has 1 aromatic rings. The van der Waals surface area contributed by atoms with E-state index in [-0.39, 0.29) is 5.75 Å². The van der Waals surface area contributed by atoms with Crippen LogP contribution < -0.4 is 0 Å². The van der Waals surface area contributed by atoms with E-state index in [0.29, 0.717) is 10.0 Å². The van der Waals surface area contributed by atoms with E-state index in [1.807, 2.05) is 0 Å². The molecule has 0 aliphatic carbocycles. The molecule has 12 heavy (non-hydrogen) atoms. The predicted molar refractivity (Wildman–Crippen MR) is 46.7 cm³/mol. The van der Waals surface area contributed by atoms with Gasteiger partial charge in [-0.3, -0.25) is 4.21 Å². The molecule has 0 aliphatic rings. The monoisotopic (exact) mass is 251 g/mol. The van der Waals surface area contributed by atoms with Gasteiger partial charge in [-0.1, -0.05) is 17.1 Å². The minimum atomic E-state index is -2.16. The molecule has 1 aromatic carbocycles. The SMILES string of the molecule is O=S([O-])Cc1ccc(Br)c(F)c1. The molecule has 1 rings (SSSR count). The van der Waals surface area contributed by atoms with Crippen LogP contribution >= 0.6 is 15.9 Å². The summed E-state index contributed by atoms with van der Waals surface area (Å²) in [6.45, 7) is 0. The standard InChI is InChI=1S/C7H6BrFO2S/c8-6-2-1-5(3-7(6)9)4-12(10)11/h1-3H,4H2,(H,10,11)/p-1. The molecule has 0 N–H and O–H groups in total. The van der Waals surface area contributed by atoms with Crippen LogP contribution in [0, 0.1) is 5.82 Å². The third-order valence-electron chi connectivity index (χ3n) is 1.27. The van der Waals surface area contributed by atoms with Crippen molar-refractivity contribution in [3.8, 4) is 0 Å². The van der Waals surface area contributed by atoms with Crippen LogP contribution in [-0.4, -0.2) is 8.76 Å². The molecule has 0 spiro atoms. The Morgan fingerprint density at radius 1 is 1.58 bits per heavy atom. The Morgan fingerprint density at radius 3 is 2.75 bits per heavy atom. The first-order chi connectivity index (χ1) is 5.59. The van der Waals surface area contributed by atoms with Crippen molar-refractivity contribution in [2.45, 2.75) is 5.75 Å². The molecule has 0 saturated heterocycles. The van der Waals surface area contributed by atoms with E-state index >= 15 is 0 Å². The van der Waals surface area contributed by atoms with E-state index in [4.69, 9.17) is 0 Å². The lowest BCUT2D eigenvalue weighted by atomic mass is 10.2. The molecule has 0 saturated carbocycles. The summed E-state index contributed by atoms with van der Waals surface area (Å²) < 4.78 is 33.6. The molecule has 0 bridgehead atoms. The Hall–Kier alpha value is -0.260. The van der Waals surface area contributed by atoms with Crippen molar-refractivity contribution < 1.29 is 13.2 Å². The lowest BCUT2D eigenvalue weighted by Crippen LogP contribution is -1.93. The van der Waals surface area contributed by atoms with Crippen molar-refractivity contribution in [3.05, 3.63) is 34.1 Å². The fourth-order valence-electron chi connectivity index (χ4n) is 0.766. The largest absolute Gasteiger partial charge is 0.772 e. The summed E-state index contributed by atoms with van der Waals surface area (Å²) >= 11 is 0.803. The summed E-state index contributed by atoms with van der Waals surface area (Å²) in [7, 11) is 0. The van der Waals surface area contributed by atoms with Crippen molar-refractivity contribution in [1.82, 2.24) is 0 Å². The summed E-state index contributed by atoms with van der Waals surface area (Å²) in [4.78, 5) is 0. The zero-order chi connectivity index (χ0) is 9.14. The first-order valence-electron chi connectivity index (χ1n) is 3.09. The Kier molecular flexibility index (Phi) is 3.37. The number of halogens is 2. The maximum atomic E-state index is 12.8. The number of hydrogen-bond acceptors (Lipinski definition) is 2. The van der Waals surface area contributed by atoms with Gasteiger partial charge in [0.2, 0.25) is 0 Å². The van der Waals surface area contributed by atoms with Gasteiger partial charge < -0.3 is 4.55 Å². The highest BCUT2D eigenvalue weighted by molar-refractivity contribution is 9.10. The summed E-state index contributed by atoms with van der Waals surface area (Å²) in [5.74, 6) is -0.595. The highest BCUT2D eigenvalue weighted by Crippen LogP contribution is 2.16. The van der Waals surface area contributed by atoms with Crippen LogP contribution in [0.5, 0.6) is 0 Å². The van der Waals surface area contributed by atoms with Crippen LogP contribution in [0.1, 0.15) is 5.56 Å². The van der Waals surface area contributed by atoms with E-state index in [9.17, 15) is 13.2 Å². The third-order valence-corrected chi connectivity index (χ3v) is 2.48. The van der Waals surface area contributed by atoms with Gasteiger partial charge in [0.05, 0.1) is 4.47 Å². The third kappa shape index (κ3) is 2.66. The van der Waals surface area contributed by atoms with E-state index in [0.717, 1.165) is 0 Å². The zero-order valence-electron chi connectivity index (χ0n) is 5.92. The van der Waals surface area contributed by atoms with Gasteiger partial charge in [-0.2, -0.15) is 0 Å². The van der Waals surface area contributed by atoms with E-state index in [2.05, 4.69) is 15.9 Å². The van der Waals surface area contributed by atoms with Crippen LogP contribution in [0.15, 0.2) is 22.7 Å². The number of benzene rings is 1. The smallest absolute Gasteiger partial charge is 0.137 e. The fourth-order valence-corrected chi connectivity index (χ4v) is 1.46. The maximum Gasteiger partial charge on any atom is 0.137 e. The van der Waals surface area contributed by atoms with Crippen molar-refractivity contribution in [2.75, 3.05) is 0 Å². The van der Waals surface area contributed by atoms with Crippen molar-refractivity contribution in [3.63, 3.8) is 0 Å². The molecule has 0 aromatic heterocycles. The predicted octanol–water partition coefficient (Wildman–Crippen LogP) is 1.97. The molecule has 0 radical (unpaired) electrons. The van der Waals surface area contributed by atoms with Gasteiger partial charge in [0.15, 0.2) is 0 Å². The number of hydrogen-bond donors (Lipinski definition) is 0. The Bertz CT molecular complexity index is 316. The highest BCUT2D eigenvalue weighted by atomic mass is 79.9. The van der Waals surface area contributed by atoms with Gasteiger partial charge in [0.1, 0.15) is 5.82 Å². The molecule has 0 amide bonds. The summed E-state index contributed by atoms with van der Waals surface area (Å²) in [6.07, 6.45) is 0. The molecule has 66 valence electrons. The van der Waals surface area contributed by atoms with E-state index < -0.39 is 16.9 Å². The van der Waals surface area contributed by atoms with Gasteiger partial charge in [0.25, 0.3) is 0 Å². The Labute approximate surface area is 80.2 Å². The van der Waals surface area contributed by atoms with Gasteiger partial charge >= 0.3 is 0 Å². The zero-order valence-corrected chi connectivity index (χ0v) is 8.32. The van der Waals surface area contributed by atoms with Crippen LogP contribution in [0.2, 0.25) is 0 Å². The van der Waals surface area contributed by atoms with E-state index in [1.54, 1.807) is 6.07 Å². The lowest BCUT2D eigenvalue weighted by Gasteiger charge is -2.04. The maximum absolute atomic E-state index is 12.8. The topological polar surface area (TPSA) is 40.1 Å². The Balaban J connectivity index is 2.89. The van der Waals surface area contributed by atoms with Gasteiger partial charge in [0, 0.05) is 5.75 Å². The molecule has 1 atom stereocenters. The second-order valence-corrected chi connectivity index (χ2v) is 3.95. The fraction of sp³-hybridized carbons (Fsp3) is 0.143. The van der Waals surface area contributed by atoms with Crippen LogP contribution in [0.3, 0.4) is 0 Å². The lowest BCUT2D eigenvalue weighted by molar-refractivity contribution is 0.536. The summed E-state index contributed by atoms with van der Waals surface area (Å²) in [5, 5.41) is 0. The second kappa shape index (κ2) is 4.11. The second-order valence-electron chi connectivity index (χ2n) is 2.20. The molecular formula is C7H5BrFO2S-. The molecule has 5 heteroatoms. The van der Waals surface area contributed by atoms with Crippen LogP contribution in [0.4, 0.5) is 4.39 Å². The highest BCUT2D eigenvalue weighted by Gasteiger charge is 1.99. The summed E-state index contributed by atoms with van der Waals surface area (Å²) in [6, 6.07) is 4.24. The minimum absolute atomic E-state index is 0.149. The molecule has 1 unspecified atom stereocenters. The van der Waals surface area contributed by atoms with E-state index in [1.165, 1.54) is 12.1 Å². The first kappa shape index (κ1) is 9.83. The molecule has 0 heterocycles. The van der Waals surface area contributed by atoms with Gasteiger partial charge in [-0.15, -0.1) is 0 Å². The Morgan fingerprint density at radius 2 is 2.25 bits per heavy atom. The first-order valence-corrected chi connectivity index (χ1v) is 5.13. The molecule has 2 nitrogen and oxygen atoms in total. The van der Waals surface area contributed by atoms with Crippen LogP contribution in [0.25, 0.3) is 0 Å². The average molecular weight is 252 g/mol. The minimum Gasteiger partial charge on any atom is -0.772 e. The molecule has 0 fully saturated rings. The number of rotatable bonds is 2. The van der Waals surface area contributed by atoms with Crippen molar-refractivity contribution >= 4 is 27.0 Å². The normalized spacial score (nSPS) is 12.9. The quantitative estimate of drug-likeness (QED) is 0.755. The van der Waals surface area contributed by atoms with Gasteiger partial charge in [-0.05, 0) is 33.6 Å². The van der Waals surface area contributed by atoms with Gasteiger partial charge in [-0.25, -0.2) is 4.39 Å². The molecule has 0 aliphatic heterocycles. The molecular weight excluding hydrogens is 247 g/mol. The van der Waals surface area contributed by atoms with Crippen LogP contribution in [-0.2, 0) is 16.8 Å². The summed E-state index contributed by atoms with van der Waals surface area (Å²) in [5.41, 5.74) is 0.448.